The van der Waals surface area contributed by atoms with Crippen molar-refractivity contribution in [2.45, 2.75) is 34.6 Å². The molecule has 17 heavy (non-hydrogen) atoms. The molecule has 0 heteroatoms. The largest absolute Gasteiger partial charge is 0.0991 e. The summed E-state index contributed by atoms with van der Waals surface area (Å²) in [4.78, 5) is 0. The van der Waals surface area contributed by atoms with Crippen LogP contribution in [0, 0.1) is 0 Å². The Morgan fingerprint density at radius 3 is 1.53 bits per heavy atom. The predicted octanol–water partition coefficient (Wildman–Crippen LogP) is 6.03. The van der Waals surface area contributed by atoms with Gasteiger partial charge >= 0.3 is 0 Å². The van der Waals surface area contributed by atoms with Gasteiger partial charge in [0.2, 0.25) is 0 Å². The fourth-order valence-electron chi connectivity index (χ4n) is 0.918. The highest BCUT2D eigenvalue weighted by Gasteiger charge is 1.90. The Morgan fingerprint density at radius 2 is 1.24 bits per heavy atom. The van der Waals surface area contributed by atoms with E-state index in [1.54, 1.807) is 18.2 Å². The second-order valence-electron chi connectivity index (χ2n) is 2.41. The van der Waals surface area contributed by atoms with Gasteiger partial charge in [0.15, 0.2) is 0 Å². The highest BCUT2D eigenvalue weighted by atomic mass is 14.0. The SMILES string of the molecule is C=C/C=C\C(/C=C\C)=C(C=C)C=C.CC.CC. The molecule has 0 aliphatic heterocycles. The van der Waals surface area contributed by atoms with E-state index in [0.29, 0.717) is 0 Å². The third kappa shape index (κ3) is 12.4. The van der Waals surface area contributed by atoms with Crippen LogP contribution in [0.15, 0.2) is 73.4 Å². The van der Waals surface area contributed by atoms with Crippen molar-refractivity contribution in [3.05, 3.63) is 73.4 Å². The predicted molar refractivity (Wildman–Crippen MR) is 84.3 cm³/mol. The summed E-state index contributed by atoms with van der Waals surface area (Å²) >= 11 is 0. The zero-order valence-electron chi connectivity index (χ0n) is 12.2. The van der Waals surface area contributed by atoms with E-state index >= 15 is 0 Å². The lowest BCUT2D eigenvalue weighted by Gasteiger charge is -1.98. The van der Waals surface area contributed by atoms with Gasteiger partial charge in [-0.25, -0.2) is 0 Å². The molecule has 0 bridgehead atoms. The molecule has 0 spiro atoms. The Hall–Kier alpha value is -1.56. The van der Waals surface area contributed by atoms with E-state index < -0.39 is 0 Å². The second kappa shape index (κ2) is 19.9. The van der Waals surface area contributed by atoms with Gasteiger partial charge in [0.25, 0.3) is 0 Å². The summed E-state index contributed by atoms with van der Waals surface area (Å²) in [6.45, 7) is 21.0. The molecule has 0 aromatic heterocycles. The van der Waals surface area contributed by atoms with Gasteiger partial charge in [0.05, 0.1) is 0 Å². The monoisotopic (exact) mass is 232 g/mol. The Morgan fingerprint density at radius 1 is 0.765 bits per heavy atom. The Labute approximate surface area is 108 Å². The average Bonchev–Trinajstić information content (AvgIpc) is 2.42. The molecule has 0 atom stereocenters. The van der Waals surface area contributed by atoms with Crippen LogP contribution in [0.1, 0.15) is 34.6 Å². The topological polar surface area (TPSA) is 0 Å². The van der Waals surface area contributed by atoms with Crippen molar-refractivity contribution in [3.8, 4) is 0 Å². The third-order valence-corrected chi connectivity index (χ3v) is 1.53. The van der Waals surface area contributed by atoms with E-state index in [1.807, 2.05) is 58.9 Å². The first-order valence-corrected chi connectivity index (χ1v) is 6.21. The molecule has 0 radical (unpaired) electrons. The minimum atomic E-state index is 1.02. The summed E-state index contributed by atoms with van der Waals surface area (Å²) < 4.78 is 0. The van der Waals surface area contributed by atoms with Gasteiger partial charge < -0.3 is 0 Å². The first kappa shape index (κ1) is 20.8. The zero-order valence-corrected chi connectivity index (χ0v) is 12.2. The fourth-order valence-corrected chi connectivity index (χ4v) is 0.918. The molecule has 0 nitrogen and oxygen atoms in total. The van der Waals surface area contributed by atoms with Crippen molar-refractivity contribution in [2.75, 3.05) is 0 Å². The molecule has 0 rings (SSSR count). The molecular weight excluding hydrogens is 204 g/mol. The molecule has 0 fully saturated rings. The zero-order chi connectivity index (χ0) is 14.1. The lowest BCUT2D eigenvalue weighted by Crippen LogP contribution is -1.78. The van der Waals surface area contributed by atoms with Gasteiger partial charge in [-0.2, -0.15) is 0 Å². The van der Waals surface area contributed by atoms with Crippen LogP contribution in [0.25, 0.3) is 0 Å². The smallest absolute Gasteiger partial charge is 0.0188 e. The van der Waals surface area contributed by atoms with E-state index in [9.17, 15) is 0 Å². The molecule has 0 saturated heterocycles. The van der Waals surface area contributed by atoms with Gasteiger partial charge in [-0.15, -0.1) is 0 Å². The normalized spacial score (nSPS) is 8.53. The van der Waals surface area contributed by atoms with Crippen molar-refractivity contribution in [3.63, 3.8) is 0 Å². The minimum absolute atomic E-state index is 1.02. The Bertz CT molecular complexity index is 262. The average molecular weight is 232 g/mol. The maximum atomic E-state index is 3.72. The molecular formula is C17H28. The molecule has 0 aromatic carbocycles. The van der Waals surface area contributed by atoms with Crippen molar-refractivity contribution < 1.29 is 0 Å². The maximum absolute atomic E-state index is 3.72. The van der Waals surface area contributed by atoms with Crippen molar-refractivity contribution in [1.29, 1.82) is 0 Å². The van der Waals surface area contributed by atoms with Gasteiger partial charge in [0.1, 0.15) is 0 Å². The first-order valence-electron chi connectivity index (χ1n) is 6.21. The second-order valence-corrected chi connectivity index (χ2v) is 2.41. The van der Waals surface area contributed by atoms with E-state index in [0.717, 1.165) is 11.1 Å². The van der Waals surface area contributed by atoms with Crippen LogP contribution in [0.4, 0.5) is 0 Å². The number of rotatable bonds is 5. The lowest BCUT2D eigenvalue weighted by atomic mass is 10.1. The van der Waals surface area contributed by atoms with Crippen LogP contribution in [0.2, 0.25) is 0 Å². The Balaban J connectivity index is -0.000000439. The summed E-state index contributed by atoms with van der Waals surface area (Å²) in [5.41, 5.74) is 2.11. The lowest BCUT2D eigenvalue weighted by molar-refractivity contribution is 1.50. The molecule has 0 N–H and O–H groups in total. The van der Waals surface area contributed by atoms with Crippen LogP contribution in [0.3, 0.4) is 0 Å². The van der Waals surface area contributed by atoms with E-state index in [4.69, 9.17) is 0 Å². The van der Waals surface area contributed by atoms with Crippen molar-refractivity contribution >= 4 is 0 Å². The fraction of sp³-hybridized carbons (Fsp3) is 0.294. The van der Waals surface area contributed by atoms with Crippen molar-refractivity contribution in [1.82, 2.24) is 0 Å². The van der Waals surface area contributed by atoms with E-state index in [-0.39, 0.29) is 0 Å². The minimum Gasteiger partial charge on any atom is -0.0991 e. The summed E-state index contributed by atoms with van der Waals surface area (Å²) in [6.07, 6.45) is 13.2. The van der Waals surface area contributed by atoms with Crippen LogP contribution in [0.5, 0.6) is 0 Å². The molecule has 0 amide bonds. The van der Waals surface area contributed by atoms with Gasteiger partial charge in [-0.1, -0.05) is 90.0 Å². The summed E-state index contributed by atoms with van der Waals surface area (Å²) in [6, 6.07) is 0. The summed E-state index contributed by atoms with van der Waals surface area (Å²) in [5, 5.41) is 0. The molecule has 0 aromatic rings. The standard InChI is InChI=1S/C13H16.2C2H6/c1-5-9-11-13(10-6-2)12(7-3)8-4;2*1-2/h5-11H,1,3-4H2,2H3;2*1-2H3/b10-6-,11-9-;;. The van der Waals surface area contributed by atoms with Gasteiger partial charge in [-0.3, -0.25) is 0 Å². The molecule has 0 unspecified atom stereocenters. The maximum Gasteiger partial charge on any atom is -0.0188 e. The van der Waals surface area contributed by atoms with E-state index in [2.05, 4.69) is 19.7 Å². The molecule has 0 heterocycles. The number of hydrogen-bond donors (Lipinski definition) is 0. The van der Waals surface area contributed by atoms with Crippen LogP contribution >= 0.6 is 0 Å². The highest BCUT2D eigenvalue weighted by molar-refractivity contribution is 5.45. The van der Waals surface area contributed by atoms with Gasteiger partial charge in [0, 0.05) is 0 Å². The van der Waals surface area contributed by atoms with Crippen LogP contribution in [-0.4, -0.2) is 0 Å². The molecule has 96 valence electrons. The van der Waals surface area contributed by atoms with E-state index in [1.165, 1.54) is 0 Å². The quantitative estimate of drug-likeness (QED) is 0.508. The summed E-state index contributed by atoms with van der Waals surface area (Å²) in [7, 11) is 0. The van der Waals surface area contributed by atoms with Gasteiger partial charge in [-0.05, 0) is 18.1 Å². The van der Waals surface area contributed by atoms with Crippen LogP contribution in [-0.2, 0) is 0 Å². The Kier molecular flexibility index (Phi) is 24.4. The molecule has 0 aliphatic carbocycles. The first-order chi connectivity index (χ1) is 8.29. The van der Waals surface area contributed by atoms with Crippen molar-refractivity contribution in [2.24, 2.45) is 0 Å². The number of allylic oxidation sites excluding steroid dienone is 9. The summed E-state index contributed by atoms with van der Waals surface area (Å²) in [5.74, 6) is 0. The number of hydrogen-bond acceptors (Lipinski definition) is 0. The third-order valence-electron chi connectivity index (χ3n) is 1.53. The molecule has 0 saturated carbocycles. The van der Waals surface area contributed by atoms with Crippen LogP contribution < -0.4 is 0 Å². The highest BCUT2D eigenvalue weighted by Crippen LogP contribution is 2.10. The molecule has 0 aliphatic rings.